The normalized spacial score (nSPS) is 15.2. The molecule has 1 fully saturated rings. The van der Waals surface area contributed by atoms with Crippen molar-refractivity contribution in [2.24, 2.45) is 5.92 Å². The van der Waals surface area contributed by atoms with Gasteiger partial charge in [0, 0.05) is 11.6 Å². The van der Waals surface area contributed by atoms with Gasteiger partial charge in [-0.25, -0.2) is 8.42 Å². The number of likely N-dealkylation sites (tertiary alicyclic amines) is 1. The highest BCUT2D eigenvalue weighted by atomic mass is 35.5. The van der Waals surface area contributed by atoms with Crippen molar-refractivity contribution in [3.8, 4) is 5.75 Å². The second-order valence-electron chi connectivity index (χ2n) is 8.39. The van der Waals surface area contributed by atoms with Gasteiger partial charge in [-0.15, -0.1) is 0 Å². The van der Waals surface area contributed by atoms with Crippen molar-refractivity contribution < 1.29 is 17.9 Å². The summed E-state index contributed by atoms with van der Waals surface area (Å²) in [4.78, 5) is 15.2. The number of ether oxygens (including phenoxy) is 1. The first-order valence-electron chi connectivity index (χ1n) is 11.2. The van der Waals surface area contributed by atoms with Gasteiger partial charge in [-0.1, -0.05) is 24.6 Å². The first-order chi connectivity index (χ1) is 15.8. The first-order valence-corrected chi connectivity index (χ1v) is 13.0. The summed E-state index contributed by atoms with van der Waals surface area (Å²) in [5.74, 6) is 0.967. The Hall–Kier alpha value is -2.29. The van der Waals surface area contributed by atoms with E-state index in [1.165, 1.54) is 38.2 Å². The van der Waals surface area contributed by atoms with E-state index in [0.717, 1.165) is 36.3 Å². The van der Waals surface area contributed by atoms with Crippen LogP contribution >= 0.6 is 11.6 Å². The molecule has 9 heteroatoms. The molecule has 0 bridgehead atoms. The van der Waals surface area contributed by atoms with Crippen LogP contribution in [0.15, 0.2) is 53.4 Å². The molecular formula is C24H32ClN3O4S. The number of piperidine rings is 1. The minimum Gasteiger partial charge on any atom is -0.497 e. The number of hydrogen-bond acceptors (Lipinski definition) is 5. The summed E-state index contributed by atoms with van der Waals surface area (Å²) in [7, 11) is -2.48. The molecule has 2 aromatic carbocycles. The lowest BCUT2D eigenvalue weighted by Gasteiger charge is -2.30. The van der Waals surface area contributed by atoms with Crippen molar-refractivity contribution in [2.75, 3.05) is 44.1 Å². The highest BCUT2D eigenvalue weighted by molar-refractivity contribution is 7.92. The van der Waals surface area contributed by atoms with E-state index in [1.807, 2.05) is 0 Å². The van der Waals surface area contributed by atoms with Crippen molar-refractivity contribution in [3.63, 3.8) is 0 Å². The molecule has 1 heterocycles. The van der Waals surface area contributed by atoms with E-state index in [2.05, 4.69) is 17.1 Å². The molecule has 0 spiro atoms. The van der Waals surface area contributed by atoms with E-state index >= 15 is 0 Å². The minimum atomic E-state index is -3.99. The van der Waals surface area contributed by atoms with Gasteiger partial charge >= 0.3 is 0 Å². The van der Waals surface area contributed by atoms with E-state index in [-0.39, 0.29) is 17.3 Å². The first kappa shape index (κ1) is 25.3. The summed E-state index contributed by atoms with van der Waals surface area (Å²) in [5, 5.41) is 3.25. The Morgan fingerprint density at radius 2 is 1.88 bits per heavy atom. The lowest BCUT2D eigenvalue weighted by molar-refractivity contribution is -0.119. The predicted octanol–water partition coefficient (Wildman–Crippen LogP) is 3.78. The van der Waals surface area contributed by atoms with E-state index < -0.39 is 10.0 Å². The molecule has 0 saturated carbocycles. The maximum absolute atomic E-state index is 13.4. The van der Waals surface area contributed by atoms with Gasteiger partial charge in [-0.05, 0) is 87.3 Å². The van der Waals surface area contributed by atoms with Gasteiger partial charge in [-0.3, -0.25) is 9.10 Å². The van der Waals surface area contributed by atoms with E-state index in [4.69, 9.17) is 16.3 Å². The zero-order chi connectivity index (χ0) is 23.8. The van der Waals surface area contributed by atoms with Crippen LogP contribution in [0.4, 0.5) is 5.69 Å². The van der Waals surface area contributed by atoms with Crippen LogP contribution in [0.5, 0.6) is 5.75 Å². The summed E-state index contributed by atoms with van der Waals surface area (Å²) >= 11 is 6.10. The highest BCUT2D eigenvalue weighted by Crippen LogP contribution is 2.27. The molecule has 0 atom stereocenters. The number of amides is 1. The average molecular weight is 494 g/mol. The predicted molar refractivity (Wildman–Crippen MR) is 131 cm³/mol. The Kier molecular flexibility index (Phi) is 9.00. The second-order valence-corrected chi connectivity index (χ2v) is 10.7. The second kappa shape index (κ2) is 11.7. The van der Waals surface area contributed by atoms with Crippen molar-refractivity contribution in [3.05, 3.63) is 53.6 Å². The Labute approximate surface area is 201 Å². The molecule has 2 aromatic rings. The largest absolute Gasteiger partial charge is 0.497 e. The van der Waals surface area contributed by atoms with Gasteiger partial charge < -0.3 is 15.0 Å². The molecule has 1 aliphatic heterocycles. The Morgan fingerprint density at radius 3 is 2.52 bits per heavy atom. The molecule has 1 N–H and O–H groups in total. The van der Waals surface area contributed by atoms with Crippen LogP contribution < -0.4 is 14.4 Å². The Morgan fingerprint density at radius 1 is 1.18 bits per heavy atom. The maximum atomic E-state index is 13.4. The Bertz CT molecular complexity index is 1020. The molecule has 180 valence electrons. The molecule has 0 aromatic heterocycles. The number of benzene rings is 2. The smallest absolute Gasteiger partial charge is 0.264 e. The molecule has 33 heavy (non-hydrogen) atoms. The number of nitrogens with zero attached hydrogens (tertiary/aromatic N) is 2. The van der Waals surface area contributed by atoms with Crippen LogP contribution in [0.3, 0.4) is 0 Å². The van der Waals surface area contributed by atoms with Crippen LogP contribution in [0.25, 0.3) is 0 Å². The molecule has 1 aliphatic rings. The molecule has 0 radical (unpaired) electrons. The van der Waals surface area contributed by atoms with Crippen molar-refractivity contribution in [2.45, 2.75) is 31.1 Å². The number of anilines is 1. The third-order valence-corrected chi connectivity index (χ3v) is 7.90. The van der Waals surface area contributed by atoms with Crippen molar-refractivity contribution in [1.29, 1.82) is 0 Å². The number of methoxy groups -OCH3 is 1. The third kappa shape index (κ3) is 7.09. The molecule has 0 unspecified atom stereocenters. The topological polar surface area (TPSA) is 79.0 Å². The summed E-state index contributed by atoms with van der Waals surface area (Å²) in [6.45, 7) is 5.56. The lowest BCUT2D eigenvalue weighted by atomic mass is 9.99. The van der Waals surface area contributed by atoms with Crippen LogP contribution in [0.2, 0.25) is 5.02 Å². The zero-order valence-electron chi connectivity index (χ0n) is 19.2. The summed E-state index contributed by atoms with van der Waals surface area (Å²) in [6, 6.07) is 12.5. The van der Waals surface area contributed by atoms with E-state index in [0.29, 0.717) is 23.0 Å². The van der Waals surface area contributed by atoms with Crippen LogP contribution in [0.1, 0.15) is 26.2 Å². The van der Waals surface area contributed by atoms with Gasteiger partial charge in [0.2, 0.25) is 5.91 Å². The van der Waals surface area contributed by atoms with Crippen LogP contribution in [-0.4, -0.2) is 59.1 Å². The number of carbonyl (C=O) groups is 1. The monoisotopic (exact) mass is 493 g/mol. The van der Waals surface area contributed by atoms with Crippen LogP contribution in [-0.2, 0) is 14.8 Å². The molecule has 0 aliphatic carbocycles. The fourth-order valence-corrected chi connectivity index (χ4v) is 5.42. The summed E-state index contributed by atoms with van der Waals surface area (Å²) in [6.07, 6.45) is 3.25. The van der Waals surface area contributed by atoms with Crippen molar-refractivity contribution >= 4 is 33.2 Å². The average Bonchev–Trinajstić information content (AvgIpc) is 2.81. The number of rotatable bonds is 10. The van der Waals surface area contributed by atoms with Gasteiger partial charge in [0.15, 0.2) is 0 Å². The Balaban J connectivity index is 1.66. The van der Waals surface area contributed by atoms with Gasteiger partial charge in [0.1, 0.15) is 12.3 Å². The fraction of sp³-hybridized carbons (Fsp3) is 0.458. The maximum Gasteiger partial charge on any atom is 0.264 e. The van der Waals surface area contributed by atoms with E-state index in [9.17, 15) is 13.2 Å². The molecule has 7 nitrogen and oxygen atoms in total. The quantitative estimate of drug-likeness (QED) is 0.509. The van der Waals surface area contributed by atoms with Crippen LogP contribution in [0, 0.1) is 5.92 Å². The van der Waals surface area contributed by atoms with Gasteiger partial charge in [-0.2, -0.15) is 0 Å². The van der Waals surface area contributed by atoms with Crippen molar-refractivity contribution in [1.82, 2.24) is 10.2 Å². The zero-order valence-corrected chi connectivity index (χ0v) is 20.7. The van der Waals surface area contributed by atoms with E-state index in [1.54, 1.807) is 30.3 Å². The minimum absolute atomic E-state index is 0.0652. The van der Waals surface area contributed by atoms with Gasteiger partial charge in [0.05, 0.1) is 17.7 Å². The molecule has 1 amide bonds. The highest BCUT2D eigenvalue weighted by Gasteiger charge is 2.27. The molecule has 3 rings (SSSR count). The summed E-state index contributed by atoms with van der Waals surface area (Å²) < 4.78 is 33.0. The summed E-state index contributed by atoms with van der Waals surface area (Å²) in [5.41, 5.74) is 0.330. The number of hydrogen-bond donors (Lipinski definition) is 1. The number of halogens is 1. The number of carbonyl (C=O) groups excluding carboxylic acids is 1. The molecular weight excluding hydrogens is 462 g/mol. The number of nitrogens with one attached hydrogen (secondary N) is 1. The fourth-order valence-electron chi connectivity index (χ4n) is 3.82. The third-order valence-electron chi connectivity index (χ3n) is 5.88. The standard InChI is InChI=1S/C24H32ClN3O4S/c1-19-11-15-27(16-12-19)14-4-13-26-24(29)18-28(21-6-3-5-20(25)17-21)33(30,31)23-9-7-22(32-2)8-10-23/h3,5-10,17,19H,4,11-16,18H2,1-2H3,(H,26,29). The number of sulfonamides is 1. The lowest BCUT2D eigenvalue weighted by Crippen LogP contribution is -2.42. The SMILES string of the molecule is COc1ccc(S(=O)(=O)N(CC(=O)NCCCN2CCC(C)CC2)c2cccc(Cl)c2)cc1. The van der Waals surface area contributed by atoms with Gasteiger partial charge in [0.25, 0.3) is 10.0 Å². The molecule has 1 saturated heterocycles.